The summed E-state index contributed by atoms with van der Waals surface area (Å²) >= 11 is 0. The van der Waals surface area contributed by atoms with Crippen LogP contribution in [0.4, 0.5) is 0 Å². The van der Waals surface area contributed by atoms with E-state index in [2.05, 4.69) is 11.5 Å². The minimum atomic E-state index is -2.32. The highest BCUT2D eigenvalue weighted by molar-refractivity contribution is 6.17. The number of phenolic OH excluding ortho intramolecular Hbond substituents is 1. The molecule has 0 bridgehead atoms. The van der Waals surface area contributed by atoms with E-state index in [4.69, 9.17) is 13.9 Å². The number of Topliss-reactive ketones (excluding diaryl/α,β-unsaturated/α-hetero) is 1. The highest BCUT2D eigenvalue weighted by atomic mass is 17.1. The van der Waals surface area contributed by atoms with Gasteiger partial charge >= 0.3 is 5.97 Å². The van der Waals surface area contributed by atoms with Gasteiger partial charge in [0.1, 0.15) is 33.7 Å². The zero-order valence-electron chi connectivity index (χ0n) is 23.5. The van der Waals surface area contributed by atoms with E-state index in [1.807, 2.05) is 0 Å². The van der Waals surface area contributed by atoms with Crippen molar-refractivity contribution < 1.29 is 43.8 Å². The summed E-state index contributed by atoms with van der Waals surface area (Å²) < 4.78 is 17.3. The number of hydrogen-bond donors (Lipinski definition) is 3. The zero-order chi connectivity index (χ0) is 30.2. The number of phenols is 1. The van der Waals surface area contributed by atoms with Crippen LogP contribution in [0.25, 0.3) is 39.7 Å². The largest absolute Gasteiger partial charge is 0.506 e. The fraction of sp³-hybridized carbons (Fsp3) is 0.323. The molecule has 1 atom stereocenters. The van der Waals surface area contributed by atoms with E-state index in [1.54, 1.807) is 46.8 Å². The number of carbonyl (C=O) groups is 2. The summed E-state index contributed by atoms with van der Waals surface area (Å²) in [5, 5.41) is 31.9. The maximum atomic E-state index is 14.1. The molecule has 10 nitrogen and oxygen atoms in total. The van der Waals surface area contributed by atoms with Gasteiger partial charge in [-0.05, 0) is 70.6 Å². The van der Waals surface area contributed by atoms with Gasteiger partial charge in [-0.25, -0.2) is 9.68 Å². The fourth-order valence-corrected chi connectivity index (χ4v) is 5.32. The second-order valence-corrected chi connectivity index (χ2v) is 11.5. The molecule has 0 fully saturated rings. The average molecular weight is 563 g/mol. The van der Waals surface area contributed by atoms with Crippen LogP contribution in [0, 0.1) is 0 Å². The van der Waals surface area contributed by atoms with E-state index in [0.717, 1.165) is 7.11 Å². The Kier molecular flexibility index (Phi) is 6.30. The van der Waals surface area contributed by atoms with E-state index >= 15 is 0 Å². The average Bonchev–Trinajstić information content (AvgIpc) is 3.18. The predicted molar refractivity (Wildman–Crippen MR) is 152 cm³/mol. The van der Waals surface area contributed by atoms with E-state index in [-0.39, 0.29) is 61.3 Å². The number of benzene rings is 2. The quantitative estimate of drug-likeness (QED) is 0.166. The molecular weight excluding hydrogens is 532 g/mol. The lowest BCUT2D eigenvalue weighted by Gasteiger charge is -2.30. The van der Waals surface area contributed by atoms with Gasteiger partial charge in [-0.2, -0.15) is 0 Å². The molecule has 1 aliphatic carbocycles. The Labute approximate surface area is 234 Å². The molecule has 2 heterocycles. The number of ketones is 1. The van der Waals surface area contributed by atoms with Crippen LogP contribution in [-0.4, -0.2) is 45.5 Å². The third kappa shape index (κ3) is 4.18. The summed E-state index contributed by atoms with van der Waals surface area (Å²) in [5.41, 5.74) is -4.36. The summed E-state index contributed by atoms with van der Waals surface area (Å²) in [4.78, 5) is 44.7. The van der Waals surface area contributed by atoms with Crippen molar-refractivity contribution in [3.63, 3.8) is 0 Å². The van der Waals surface area contributed by atoms with Gasteiger partial charge in [-0.15, -0.1) is 0 Å². The van der Waals surface area contributed by atoms with Crippen LogP contribution < -0.4 is 10.2 Å². The lowest BCUT2D eigenvalue weighted by molar-refractivity contribution is -0.296. The summed E-state index contributed by atoms with van der Waals surface area (Å²) in [6, 6.07) is 1.39. The van der Waals surface area contributed by atoms with Gasteiger partial charge < -0.3 is 24.1 Å². The molecule has 5 rings (SSSR count). The molecule has 3 aromatic rings. The number of esters is 1. The Hall–Kier alpha value is -4.25. The fourth-order valence-electron chi connectivity index (χ4n) is 5.32. The van der Waals surface area contributed by atoms with Gasteiger partial charge in [0.2, 0.25) is 5.43 Å². The second kappa shape index (κ2) is 9.13. The highest BCUT2D eigenvalue weighted by Gasteiger charge is 2.52. The van der Waals surface area contributed by atoms with Crippen LogP contribution in [0.2, 0.25) is 0 Å². The minimum Gasteiger partial charge on any atom is -0.506 e. The first-order chi connectivity index (χ1) is 19.1. The van der Waals surface area contributed by atoms with Gasteiger partial charge in [0.05, 0.1) is 35.6 Å². The maximum absolute atomic E-state index is 14.1. The van der Waals surface area contributed by atoms with Gasteiger partial charge in [-0.3, -0.25) is 14.8 Å². The number of ether oxygens (including phenoxy) is 2. The first kappa shape index (κ1) is 28.3. The number of carbonyl (C=O) groups excluding carboxylic acids is 2. The lowest BCUT2D eigenvalue weighted by atomic mass is 9.87. The molecule has 1 aromatic heterocycles. The van der Waals surface area contributed by atoms with Crippen LogP contribution in [0.1, 0.15) is 73.7 Å². The third-order valence-electron chi connectivity index (χ3n) is 7.40. The van der Waals surface area contributed by atoms with Gasteiger partial charge in [0.15, 0.2) is 17.0 Å². The van der Waals surface area contributed by atoms with E-state index in [1.165, 1.54) is 18.2 Å². The molecule has 3 N–H and O–H groups in total. The molecule has 1 unspecified atom stereocenters. The smallest absolute Gasteiger partial charge is 0.343 e. The first-order valence-corrected chi connectivity index (χ1v) is 12.8. The molecule has 41 heavy (non-hydrogen) atoms. The van der Waals surface area contributed by atoms with E-state index in [0.29, 0.717) is 5.57 Å². The van der Waals surface area contributed by atoms with Crippen molar-refractivity contribution in [3.8, 4) is 11.5 Å². The molecule has 214 valence electrons. The summed E-state index contributed by atoms with van der Waals surface area (Å²) in [7, 11) is 1.09. The Morgan fingerprint density at radius 2 is 1.90 bits per heavy atom. The van der Waals surface area contributed by atoms with Crippen LogP contribution in [0.5, 0.6) is 11.5 Å². The third-order valence-corrected chi connectivity index (χ3v) is 7.40. The molecule has 0 radical (unpaired) electrons. The molecule has 0 saturated carbocycles. The summed E-state index contributed by atoms with van der Waals surface area (Å²) in [6.45, 7) is 12.3. The molecule has 1 aliphatic heterocycles. The monoisotopic (exact) mass is 562 g/mol. The number of rotatable bonds is 5. The van der Waals surface area contributed by atoms with Crippen molar-refractivity contribution in [3.05, 3.63) is 62.8 Å². The molecule has 0 amide bonds. The van der Waals surface area contributed by atoms with Crippen molar-refractivity contribution in [2.45, 2.75) is 57.8 Å². The standard InChI is InChI=1S/C31H30O10/c1-14(2)17-12-18-24(34)21-23(33)15-8-10-29(3,4)40-25(15)16(9-11-30(5,6)41-37)26(21)39-27(18)20-19(32)13-31(36,22(17)20)28(35)38-7/h8-12,33,36-37H,1,13H2,2-7H3. The SMILES string of the molecule is C=C(C)c1cc2c(=O)c3c(O)c4c(c(C=CC(C)(C)OO)c3oc2c2c1C(O)(C(=O)OC)CC2=O)OC(C)(C)C=C4. The normalized spacial score (nSPS) is 19.5. The molecule has 2 aromatic carbocycles. The van der Waals surface area contributed by atoms with Crippen molar-refractivity contribution in [1.29, 1.82) is 0 Å². The molecule has 0 saturated heterocycles. The topological polar surface area (TPSA) is 153 Å². The van der Waals surface area contributed by atoms with Crippen LogP contribution in [0.3, 0.4) is 0 Å². The number of methoxy groups -OCH3 is 1. The molecule has 2 aliphatic rings. The van der Waals surface area contributed by atoms with E-state index < -0.39 is 40.4 Å². The first-order valence-electron chi connectivity index (χ1n) is 12.8. The summed E-state index contributed by atoms with van der Waals surface area (Å²) in [6.07, 6.45) is 5.78. The van der Waals surface area contributed by atoms with Crippen LogP contribution in [-0.2, 0) is 20.0 Å². The van der Waals surface area contributed by atoms with Crippen molar-refractivity contribution in [2.75, 3.05) is 7.11 Å². The molecule has 0 spiro atoms. The Balaban J connectivity index is 2.01. The van der Waals surface area contributed by atoms with E-state index in [9.17, 15) is 29.9 Å². The van der Waals surface area contributed by atoms with Crippen molar-refractivity contribution in [2.24, 2.45) is 0 Å². The molecular formula is C31H30O10. The van der Waals surface area contributed by atoms with Crippen molar-refractivity contribution >= 4 is 51.4 Å². The lowest BCUT2D eigenvalue weighted by Crippen LogP contribution is -2.35. The van der Waals surface area contributed by atoms with Gasteiger partial charge in [0, 0.05) is 5.56 Å². The number of fused-ring (bicyclic) bond motifs is 5. The van der Waals surface area contributed by atoms with Gasteiger partial charge in [-0.1, -0.05) is 12.2 Å². The Bertz CT molecular complexity index is 1820. The second-order valence-electron chi connectivity index (χ2n) is 11.5. The van der Waals surface area contributed by atoms with Crippen LogP contribution >= 0.6 is 0 Å². The maximum Gasteiger partial charge on any atom is 0.343 e. The predicted octanol–water partition coefficient (Wildman–Crippen LogP) is 5.10. The highest BCUT2D eigenvalue weighted by Crippen LogP contribution is 2.49. The van der Waals surface area contributed by atoms with Gasteiger partial charge in [0.25, 0.3) is 0 Å². The van der Waals surface area contributed by atoms with Crippen molar-refractivity contribution in [1.82, 2.24) is 0 Å². The van der Waals surface area contributed by atoms with Crippen LogP contribution in [0.15, 0.2) is 34.0 Å². The minimum absolute atomic E-state index is 0.0537. The Morgan fingerprint density at radius 1 is 1.22 bits per heavy atom. The Morgan fingerprint density at radius 3 is 2.51 bits per heavy atom. The number of aromatic hydroxyl groups is 1. The molecule has 10 heteroatoms. The zero-order valence-corrected chi connectivity index (χ0v) is 23.5. The number of aliphatic hydroxyl groups is 1. The number of hydrogen-bond acceptors (Lipinski definition) is 10. The number of allylic oxidation sites excluding steroid dienone is 1. The summed E-state index contributed by atoms with van der Waals surface area (Å²) in [5.74, 6) is -1.87.